The molecule has 1 unspecified atom stereocenters. The first-order valence-corrected chi connectivity index (χ1v) is 4.16. The van der Waals surface area contributed by atoms with Gasteiger partial charge in [-0.15, -0.1) is 0 Å². The largest absolute Gasteiger partial charge is 0.269 e. The Balaban J connectivity index is 2.45. The van der Waals surface area contributed by atoms with Crippen LogP contribution in [0.5, 0.6) is 0 Å². The molecule has 0 radical (unpaired) electrons. The molecule has 0 saturated carbocycles. The first-order chi connectivity index (χ1) is 4.66. The van der Waals surface area contributed by atoms with Crippen molar-refractivity contribution in [3.63, 3.8) is 0 Å². The van der Waals surface area contributed by atoms with Gasteiger partial charge in [0, 0.05) is 13.1 Å². The molecule has 60 valence electrons. The molecule has 1 saturated heterocycles. The van der Waals surface area contributed by atoms with Gasteiger partial charge in [0.25, 0.3) is 0 Å². The summed E-state index contributed by atoms with van der Waals surface area (Å²) in [5.41, 5.74) is 0.493. The van der Waals surface area contributed by atoms with Gasteiger partial charge in [-0.3, -0.25) is 5.84 Å². The summed E-state index contributed by atoms with van der Waals surface area (Å²) < 4.78 is 0. The second kappa shape index (κ2) is 2.89. The van der Waals surface area contributed by atoms with Crippen LogP contribution in [0.15, 0.2) is 0 Å². The fraction of sp³-hybridized carbons (Fsp3) is 1.00. The standard InChI is InChI=1S/C8H18N2/c1-3-8(2)5-4-6-10(9)7-8/h3-7,9H2,1-2H3. The molecule has 0 aromatic carbocycles. The Morgan fingerprint density at radius 3 is 2.70 bits per heavy atom. The zero-order valence-electron chi connectivity index (χ0n) is 7.06. The van der Waals surface area contributed by atoms with Gasteiger partial charge in [-0.05, 0) is 24.7 Å². The van der Waals surface area contributed by atoms with Crippen molar-refractivity contribution < 1.29 is 0 Å². The van der Waals surface area contributed by atoms with Crippen molar-refractivity contribution >= 4 is 0 Å². The molecule has 1 rings (SSSR count). The van der Waals surface area contributed by atoms with E-state index in [0.29, 0.717) is 5.41 Å². The van der Waals surface area contributed by atoms with Crippen LogP contribution in [0.25, 0.3) is 0 Å². The predicted octanol–water partition coefficient (Wildman–Crippen LogP) is 1.37. The monoisotopic (exact) mass is 142 g/mol. The highest BCUT2D eigenvalue weighted by molar-refractivity contribution is 4.79. The van der Waals surface area contributed by atoms with Crippen molar-refractivity contribution in [2.75, 3.05) is 13.1 Å². The number of rotatable bonds is 1. The van der Waals surface area contributed by atoms with Crippen LogP contribution in [-0.4, -0.2) is 18.1 Å². The van der Waals surface area contributed by atoms with E-state index >= 15 is 0 Å². The molecular formula is C8H18N2. The number of nitrogens with two attached hydrogens (primary N) is 1. The Hall–Kier alpha value is -0.0800. The smallest absolute Gasteiger partial charge is 0.0182 e. The SMILES string of the molecule is CCC1(C)CCCN(N)C1. The molecule has 0 aliphatic carbocycles. The Morgan fingerprint density at radius 2 is 2.30 bits per heavy atom. The van der Waals surface area contributed by atoms with Gasteiger partial charge in [0.15, 0.2) is 0 Å². The topological polar surface area (TPSA) is 29.3 Å². The van der Waals surface area contributed by atoms with E-state index in [-0.39, 0.29) is 0 Å². The van der Waals surface area contributed by atoms with Crippen LogP contribution in [0.2, 0.25) is 0 Å². The first kappa shape index (κ1) is 8.02. The van der Waals surface area contributed by atoms with Crippen molar-refractivity contribution in [3.8, 4) is 0 Å². The Labute approximate surface area is 63.4 Å². The molecule has 2 heteroatoms. The van der Waals surface area contributed by atoms with E-state index in [9.17, 15) is 0 Å². The van der Waals surface area contributed by atoms with E-state index in [1.165, 1.54) is 19.3 Å². The third-order valence-corrected chi connectivity index (χ3v) is 2.66. The molecule has 1 aliphatic heterocycles. The van der Waals surface area contributed by atoms with Crippen LogP contribution in [0.1, 0.15) is 33.1 Å². The van der Waals surface area contributed by atoms with Gasteiger partial charge < -0.3 is 0 Å². The highest BCUT2D eigenvalue weighted by Gasteiger charge is 2.27. The van der Waals surface area contributed by atoms with Gasteiger partial charge in [0.2, 0.25) is 0 Å². The highest BCUT2D eigenvalue weighted by Crippen LogP contribution is 2.30. The minimum atomic E-state index is 0.493. The zero-order valence-corrected chi connectivity index (χ0v) is 7.06. The average molecular weight is 142 g/mol. The fourth-order valence-electron chi connectivity index (χ4n) is 1.65. The van der Waals surface area contributed by atoms with Crippen molar-refractivity contribution in [3.05, 3.63) is 0 Å². The van der Waals surface area contributed by atoms with E-state index in [1.807, 2.05) is 5.01 Å². The average Bonchev–Trinajstić information content (AvgIpc) is 1.88. The number of piperidine rings is 1. The summed E-state index contributed by atoms with van der Waals surface area (Å²) in [5, 5.41) is 1.95. The Kier molecular flexibility index (Phi) is 2.32. The minimum Gasteiger partial charge on any atom is -0.269 e. The van der Waals surface area contributed by atoms with Gasteiger partial charge in [0.05, 0.1) is 0 Å². The van der Waals surface area contributed by atoms with E-state index in [4.69, 9.17) is 5.84 Å². The molecule has 1 heterocycles. The van der Waals surface area contributed by atoms with Gasteiger partial charge in [-0.2, -0.15) is 0 Å². The van der Waals surface area contributed by atoms with E-state index in [0.717, 1.165) is 13.1 Å². The van der Waals surface area contributed by atoms with Crippen molar-refractivity contribution in [2.45, 2.75) is 33.1 Å². The second-order valence-corrected chi connectivity index (χ2v) is 3.74. The highest BCUT2D eigenvalue weighted by atomic mass is 15.4. The molecule has 0 bridgehead atoms. The lowest BCUT2D eigenvalue weighted by atomic mass is 9.80. The third kappa shape index (κ3) is 1.70. The van der Waals surface area contributed by atoms with Gasteiger partial charge in [-0.25, -0.2) is 5.01 Å². The van der Waals surface area contributed by atoms with Crippen molar-refractivity contribution in [1.29, 1.82) is 0 Å². The summed E-state index contributed by atoms with van der Waals surface area (Å²) in [7, 11) is 0. The van der Waals surface area contributed by atoms with Crippen LogP contribution < -0.4 is 5.84 Å². The normalized spacial score (nSPS) is 36.3. The molecule has 0 aromatic rings. The van der Waals surface area contributed by atoms with E-state index in [1.54, 1.807) is 0 Å². The maximum absolute atomic E-state index is 5.72. The van der Waals surface area contributed by atoms with Gasteiger partial charge >= 0.3 is 0 Å². The predicted molar refractivity (Wildman–Crippen MR) is 43.4 cm³/mol. The van der Waals surface area contributed by atoms with Crippen LogP contribution in [-0.2, 0) is 0 Å². The number of nitrogens with zero attached hydrogens (tertiary/aromatic N) is 1. The van der Waals surface area contributed by atoms with E-state index < -0.39 is 0 Å². The number of hydrogen-bond donors (Lipinski definition) is 1. The van der Waals surface area contributed by atoms with Crippen LogP contribution in [0, 0.1) is 5.41 Å². The molecule has 0 spiro atoms. The second-order valence-electron chi connectivity index (χ2n) is 3.74. The maximum Gasteiger partial charge on any atom is 0.0182 e. The Morgan fingerprint density at radius 1 is 1.60 bits per heavy atom. The summed E-state index contributed by atoms with van der Waals surface area (Å²) in [4.78, 5) is 0. The summed E-state index contributed by atoms with van der Waals surface area (Å²) in [6.07, 6.45) is 3.86. The lowest BCUT2D eigenvalue weighted by molar-refractivity contribution is 0.100. The summed E-state index contributed by atoms with van der Waals surface area (Å²) in [6, 6.07) is 0. The molecule has 0 amide bonds. The molecule has 2 N–H and O–H groups in total. The molecule has 10 heavy (non-hydrogen) atoms. The first-order valence-electron chi connectivity index (χ1n) is 4.16. The minimum absolute atomic E-state index is 0.493. The van der Waals surface area contributed by atoms with E-state index in [2.05, 4.69) is 13.8 Å². The van der Waals surface area contributed by atoms with Crippen LogP contribution >= 0.6 is 0 Å². The third-order valence-electron chi connectivity index (χ3n) is 2.66. The summed E-state index contributed by atoms with van der Waals surface area (Å²) >= 11 is 0. The Bertz CT molecular complexity index is 114. The number of hydrogen-bond acceptors (Lipinski definition) is 2. The van der Waals surface area contributed by atoms with Crippen LogP contribution in [0.3, 0.4) is 0 Å². The van der Waals surface area contributed by atoms with Crippen molar-refractivity contribution in [2.24, 2.45) is 11.3 Å². The van der Waals surface area contributed by atoms with Crippen molar-refractivity contribution in [1.82, 2.24) is 5.01 Å². The lowest BCUT2D eigenvalue weighted by Crippen LogP contribution is -2.45. The summed E-state index contributed by atoms with van der Waals surface area (Å²) in [5.74, 6) is 5.72. The van der Waals surface area contributed by atoms with Crippen LogP contribution in [0.4, 0.5) is 0 Å². The van der Waals surface area contributed by atoms with Gasteiger partial charge in [0.1, 0.15) is 0 Å². The lowest BCUT2D eigenvalue weighted by Gasteiger charge is -2.37. The molecule has 1 fully saturated rings. The molecule has 2 nitrogen and oxygen atoms in total. The fourth-order valence-corrected chi connectivity index (χ4v) is 1.65. The molecule has 1 atom stereocenters. The molecular weight excluding hydrogens is 124 g/mol. The number of hydrazine groups is 1. The molecule has 1 aliphatic rings. The molecule has 0 aromatic heterocycles. The maximum atomic E-state index is 5.72. The summed E-state index contributed by atoms with van der Waals surface area (Å²) in [6.45, 7) is 6.73. The quantitative estimate of drug-likeness (QED) is 0.560. The van der Waals surface area contributed by atoms with Gasteiger partial charge in [-0.1, -0.05) is 13.8 Å². The zero-order chi connectivity index (χ0) is 7.61.